The molecule has 0 atom stereocenters. The molecule has 0 aromatic carbocycles. The molecule has 2 aromatic rings. The molecule has 6 nitrogen and oxygen atoms in total. The minimum Gasteiger partial charge on any atom is -0.396 e. The van der Waals surface area contributed by atoms with Crippen LogP contribution in [0.3, 0.4) is 0 Å². The summed E-state index contributed by atoms with van der Waals surface area (Å²) in [4.78, 5) is 18.3. The third-order valence-corrected chi connectivity index (χ3v) is 3.10. The van der Waals surface area contributed by atoms with Crippen LogP contribution in [-0.4, -0.2) is 44.7 Å². The Bertz CT molecular complexity index is 580. The SMILES string of the molecule is CCN(CCCO)c1nc(Cl)nc2c(Cl)ncnc12. The van der Waals surface area contributed by atoms with Gasteiger partial charge in [-0.05, 0) is 24.9 Å². The van der Waals surface area contributed by atoms with Crippen LogP contribution in [-0.2, 0) is 0 Å². The van der Waals surface area contributed by atoms with E-state index < -0.39 is 0 Å². The molecule has 0 saturated carbocycles. The number of anilines is 1. The van der Waals surface area contributed by atoms with E-state index >= 15 is 0 Å². The third-order valence-electron chi connectivity index (χ3n) is 2.66. The molecular formula is C11H13Cl2N5O. The van der Waals surface area contributed by atoms with Gasteiger partial charge in [0.25, 0.3) is 0 Å². The van der Waals surface area contributed by atoms with Crippen molar-refractivity contribution in [2.75, 3.05) is 24.6 Å². The van der Waals surface area contributed by atoms with Gasteiger partial charge in [0, 0.05) is 19.7 Å². The summed E-state index contributed by atoms with van der Waals surface area (Å²) in [6, 6.07) is 0. The van der Waals surface area contributed by atoms with Crippen molar-refractivity contribution in [2.45, 2.75) is 13.3 Å². The minimum absolute atomic E-state index is 0.0987. The fraction of sp³-hybridized carbons (Fsp3) is 0.455. The Hall–Kier alpha value is -1.24. The Morgan fingerprint density at radius 1 is 1.21 bits per heavy atom. The van der Waals surface area contributed by atoms with Crippen LogP contribution in [0.1, 0.15) is 13.3 Å². The molecule has 102 valence electrons. The van der Waals surface area contributed by atoms with E-state index in [2.05, 4.69) is 19.9 Å². The largest absolute Gasteiger partial charge is 0.396 e. The number of hydrogen-bond donors (Lipinski definition) is 1. The standard InChI is InChI=1S/C11H13Cl2N5O/c1-2-18(4-3-5-19)10-8-7(16-11(13)17-10)9(12)15-6-14-8/h6,19H,2-5H2,1H3. The van der Waals surface area contributed by atoms with Gasteiger partial charge in [0.2, 0.25) is 5.28 Å². The van der Waals surface area contributed by atoms with Gasteiger partial charge in [0.05, 0.1) is 0 Å². The zero-order valence-electron chi connectivity index (χ0n) is 10.3. The van der Waals surface area contributed by atoms with Crippen molar-refractivity contribution < 1.29 is 5.11 Å². The molecule has 0 bridgehead atoms. The Morgan fingerprint density at radius 2 is 2.00 bits per heavy atom. The van der Waals surface area contributed by atoms with E-state index in [1.165, 1.54) is 6.33 Å². The predicted molar refractivity (Wildman–Crippen MR) is 74.7 cm³/mol. The monoisotopic (exact) mass is 301 g/mol. The topological polar surface area (TPSA) is 75.0 Å². The number of aliphatic hydroxyl groups excluding tert-OH is 1. The first-order valence-electron chi connectivity index (χ1n) is 5.87. The second-order valence-electron chi connectivity index (χ2n) is 3.83. The van der Waals surface area contributed by atoms with E-state index in [0.717, 1.165) is 0 Å². The molecule has 2 aromatic heterocycles. The zero-order chi connectivity index (χ0) is 13.8. The Kier molecular flexibility index (Phi) is 4.68. The molecule has 2 rings (SSSR count). The summed E-state index contributed by atoms with van der Waals surface area (Å²) in [5.41, 5.74) is 0.991. The van der Waals surface area contributed by atoms with Crippen molar-refractivity contribution in [3.05, 3.63) is 16.8 Å². The lowest BCUT2D eigenvalue weighted by Crippen LogP contribution is -2.26. The molecular weight excluding hydrogens is 289 g/mol. The summed E-state index contributed by atoms with van der Waals surface area (Å²) in [6.45, 7) is 3.46. The Morgan fingerprint density at radius 3 is 2.68 bits per heavy atom. The quantitative estimate of drug-likeness (QED) is 0.672. The van der Waals surface area contributed by atoms with Gasteiger partial charge in [-0.1, -0.05) is 11.6 Å². The van der Waals surface area contributed by atoms with Gasteiger partial charge in [-0.3, -0.25) is 0 Å². The first-order valence-corrected chi connectivity index (χ1v) is 6.62. The van der Waals surface area contributed by atoms with Gasteiger partial charge in [0.1, 0.15) is 17.4 Å². The molecule has 0 aliphatic rings. The fourth-order valence-electron chi connectivity index (χ4n) is 1.77. The summed E-state index contributed by atoms with van der Waals surface area (Å²) in [6.07, 6.45) is 2.00. The van der Waals surface area contributed by atoms with Crippen molar-refractivity contribution in [1.82, 2.24) is 19.9 Å². The third kappa shape index (κ3) is 3.02. The highest BCUT2D eigenvalue weighted by atomic mass is 35.5. The molecule has 0 amide bonds. The van der Waals surface area contributed by atoms with Crippen LogP contribution >= 0.6 is 23.2 Å². The second-order valence-corrected chi connectivity index (χ2v) is 4.53. The number of aliphatic hydroxyl groups is 1. The molecule has 0 spiro atoms. The van der Waals surface area contributed by atoms with Gasteiger partial charge in [-0.2, -0.15) is 4.98 Å². The number of rotatable bonds is 5. The van der Waals surface area contributed by atoms with Gasteiger partial charge in [0.15, 0.2) is 11.0 Å². The molecule has 0 aliphatic heterocycles. The van der Waals surface area contributed by atoms with E-state index in [-0.39, 0.29) is 17.0 Å². The molecule has 0 fully saturated rings. The van der Waals surface area contributed by atoms with Gasteiger partial charge < -0.3 is 10.0 Å². The van der Waals surface area contributed by atoms with Crippen LogP contribution in [0.2, 0.25) is 10.4 Å². The highest BCUT2D eigenvalue weighted by Gasteiger charge is 2.16. The lowest BCUT2D eigenvalue weighted by Gasteiger charge is -2.22. The van der Waals surface area contributed by atoms with Crippen LogP contribution in [0.4, 0.5) is 5.82 Å². The maximum atomic E-state index is 8.94. The average Bonchev–Trinajstić information content (AvgIpc) is 2.40. The van der Waals surface area contributed by atoms with Crippen molar-refractivity contribution in [3.63, 3.8) is 0 Å². The first kappa shape index (κ1) is 14.2. The van der Waals surface area contributed by atoms with Crippen LogP contribution < -0.4 is 4.90 Å². The molecule has 0 saturated heterocycles. The first-order chi connectivity index (χ1) is 9.17. The number of nitrogens with zero attached hydrogens (tertiary/aromatic N) is 5. The summed E-state index contributed by atoms with van der Waals surface area (Å²) in [5.74, 6) is 0.607. The maximum Gasteiger partial charge on any atom is 0.225 e. The number of fused-ring (bicyclic) bond motifs is 1. The smallest absolute Gasteiger partial charge is 0.225 e. The molecule has 8 heteroatoms. The Balaban J connectivity index is 2.54. The second kappa shape index (κ2) is 6.27. The number of aromatic nitrogens is 4. The van der Waals surface area contributed by atoms with Crippen molar-refractivity contribution >= 4 is 40.1 Å². The van der Waals surface area contributed by atoms with E-state index in [4.69, 9.17) is 28.3 Å². The highest BCUT2D eigenvalue weighted by Crippen LogP contribution is 2.26. The molecule has 0 radical (unpaired) electrons. The predicted octanol–water partition coefficient (Wildman–Crippen LogP) is 1.94. The number of hydrogen-bond acceptors (Lipinski definition) is 6. The van der Waals surface area contributed by atoms with Crippen LogP contribution in [0.25, 0.3) is 11.0 Å². The van der Waals surface area contributed by atoms with Crippen LogP contribution in [0.15, 0.2) is 6.33 Å². The lowest BCUT2D eigenvalue weighted by atomic mass is 10.3. The van der Waals surface area contributed by atoms with Crippen molar-refractivity contribution in [1.29, 1.82) is 0 Å². The van der Waals surface area contributed by atoms with E-state index in [1.807, 2.05) is 11.8 Å². The summed E-state index contributed by atoms with van der Waals surface area (Å²) in [5, 5.41) is 9.28. The summed E-state index contributed by atoms with van der Waals surface area (Å²) >= 11 is 11.9. The normalized spacial score (nSPS) is 10.9. The Labute approximate surface area is 120 Å². The summed E-state index contributed by atoms with van der Waals surface area (Å²) < 4.78 is 0. The molecule has 2 heterocycles. The highest BCUT2D eigenvalue weighted by molar-refractivity contribution is 6.34. The molecule has 0 aliphatic carbocycles. The van der Waals surface area contributed by atoms with E-state index in [9.17, 15) is 0 Å². The van der Waals surface area contributed by atoms with Crippen molar-refractivity contribution in [3.8, 4) is 0 Å². The lowest BCUT2D eigenvalue weighted by molar-refractivity contribution is 0.289. The minimum atomic E-state index is 0.0987. The summed E-state index contributed by atoms with van der Waals surface area (Å²) in [7, 11) is 0. The van der Waals surface area contributed by atoms with Gasteiger partial charge >= 0.3 is 0 Å². The van der Waals surface area contributed by atoms with Crippen LogP contribution in [0, 0.1) is 0 Å². The average molecular weight is 302 g/mol. The molecule has 0 unspecified atom stereocenters. The number of halogens is 2. The molecule has 19 heavy (non-hydrogen) atoms. The fourth-order valence-corrected chi connectivity index (χ4v) is 2.11. The van der Waals surface area contributed by atoms with E-state index in [1.54, 1.807) is 0 Å². The molecule has 1 N–H and O–H groups in total. The van der Waals surface area contributed by atoms with Gasteiger partial charge in [-0.15, -0.1) is 0 Å². The van der Waals surface area contributed by atoms with Crippen molar-refractivity contribution in [2.24, 2.45) is 0 Å². The maximum absolute atomic E-state index is 8.94. The van der Waals surface area contributed by atoms with Crippen LogP contribution in [0.5, 0.6) is 0 Å². The van der Waals surface area contributed by atoms with E-state index in [0.29, 0.717) is 36.4 Å². The zero-order valence-corrected chi connectivity index (χ0v) is 11.9. The van der Waals surface area contributed by atoms with Gasteiger partial charge in [-0.25, -0.2) is 15.0 Å².